The molecule has 1 atom stereocenters. The Bertz CT molecular complexity index is 752. The molecule has 0 fully saturated rings. The Balaban J connectivity index is 1.87. The number of halogens is 1. The highest BCUT2D eigenvalue weighted by Gasteiger charge is 2.16. The minimum Gasteiger partial charge on any atom is -0.423 e. The summed E-state index contributed by atoms with van der Waals surface area (Å²) in [6.07, 6.45) is 10.9. The number of esters is 1. The summed E-state index contributed by atoms with van der Waals surface area (Å²) in [5.74, 6) is -1.15. The first-order valence-electron chi connectivity index (χ1n) is 11.2. The lowest BCUT2D eigenvalue weighted by molar-refractivity contribution is -0.138. The van der Waals surface area contributed by atoms with Crippen LogP contribution in [0.15, 0.2) is 42.5 Å². The Hall–Kier alpha value is -2.16. The summed E-state index contributed by atoms with van der Waals surface area (Å²) in [5, 5.41) is 0. The van der Waals surface area contributed by atoms with E-state index in [9.17, 15) is 9.18 Å². The van der Waals surface area contributed by atoms with E-state index in [4.69, 9.17) is 4.74 Å². The van der Waals surface area contributed by atoms with E-state index >= 15 is 0 Å². The zero-order valence-corrected chi connectivity index (χ0v) is 18.2. The van der Waals surface area contributed by atoms with Gasteiger partial charge in [0.15, 0.2) is 11.6 Å². The molecule has 2 rings (SSSR count). The molecule has 0 amide bonds. The van der Waals surface area contributed by atoms with Crippen molar-refractivity contribution in [2.24, 2.45) is 5.92 Å². The number of ether oxygens (including phenoxy) is 1. The normalized spacial score (nSPS) is 12.0. The van der Waals surface area contributed by atoms with Gasteiger partial charge >= 0.3 is 5.97 Å². The van der Waals surface area contributed by atoms with Crippen LogP contribution in [-0.2, 0) is 11.2 Å². The van der Waals surface area contributed by atoms with Crippen LogP contribution in [0.1, 0.15) is 77.7 Å². The third-order valence-electron chi connectivity index (χ3n) is 5.51. The molecule has 0 aromatic heterocycles. The first-order valence-corrected chi connectivity index (χ1v) is 11.2. The molecule has 0 aliphatic carbocycles. The fourth-order valence-electron chi connectivity index (χ4n) is 3.29. The highest BCUT2D eigenvalue weighted by atomic mass is 19.1. The quantitative estimate of drug-likeness (QED) is 0.208. The summed E-state index contributed by atoms with van der Waals surface area (Å²) in [7, 11) is 0. The number of aryl methyl sites for hydroxylation is 1. The van der Waals surface area contributed by atoms with E-state index in [0.717, 1.165) is 17.5 Å². The molecular formula is C26H35FO2. The second-order valence-electron chi connectivity index (χ2n) is 7.94. The van der Waals surface area contributed by atoms with Gasteiger partial charge in [-0.1, -0.05) is 89.6 Å². The van der Waals surface area contributed by atoms with E-state index in [1.165, 1.54) is 62.6 Å². The first kappa shape index (κ1) is 23.1. The number of benzene rings is 2. The van der Waals surface area contributed by atoms with Gasteiger partial charge in [-0.15, -0.1) is 0 Å². The van der Waals surface area contributed by atoms with Gasteiger partial charge in [-0.3, -0.25) is 4.79 Å². The maximum atomic E-state index is 14.4. The fraction of sp³-hybridized carbons (Fsp3) is 0.500. The van der Waals surface area contributed by atoms with E-state index in [0.29, 0.717) is 6.42 Å². The summed E-state index contributed by atoms with van der Waals surface area (Å²) in [6, 6.07) is 13.1. The maximum Gasteiger partial charge on any atom is 0.314 e. The van der Waals surface area contributed by atoms with Crippen molar-refractivity contribution in [1.82, 2.24) is 0 Å². The van der Waals surface area contributed by atoms with Crippen molar-refractivity contribution in [2.45, 2.75) is 78.6 Å². The highest BCUT2D eigenvalue weighted by Crippen LogP contribution is 2.27. The van der Waals surface area contributed by atoms with Gasteiger partial charge in [-0.05, 0) is 48.1 Å². The first-order chi connectivity index (χ1) is 14.0. The summed E-state index contributed by atoms with van der Waals surface area (Å²) in [5.41, 5.74) is 3.07. The summed E-state index contributed by atoms with van der Waals surface area (Å²) in [6.45, 7) is 5.93. The average molecular weight is 399 g/mol. The van der Waals surface area contributed by atoms with Gasteiger partial charge in [0.25, 0.3) is 0 Å². The number of rotatable bonds is 12. The standard InChI is InChI=1S/C26H35FO2/c1-4-6-7-8-9-10-11-12-21-13-15-22(16-14-21)23-17-18-25(24(27)19-23)29-26(28)20(3)5-2/h13-20H,4-12H2,1-3H3. The van der Waals surface area contributed by atoms with Gasteiger partial charge in [-0.25, -0.2) is 4.39 Å². The van der Waals surface area contributed by atoms with E-state index < -0.39 is 11.8 Å². The summed E-state index contributed by atoms with van der Waals surface area (Å²) >= 11 is 0. The Morgan fingerprint density at radius 3 is 2.14 bits per heavy atom. The smallest absolute Gasteiger partial charge is 0.314 e. The maximum absolute atomic E-state index is 14.4. The van der Waals surface area contributed by atoms with Crippen molar-refractivity contribution in [3.8, 4) is 16.9 Å². The molecule has 3 heteroatoms. The molecule has 0 aliphatic rings. The van der Waals surface area contributed by atoms with Crippen LogP contribution in [0.5, 0.6) is 5.75 Å². The lowest BCUT2D eigenvalue weighted by atomic mass is 10.0. The van der Waals surface area contributed by atoms with Crippen LogP contribution in [0, 0.1) is 11.7 Å². The van der Waals surface area contributed by atoms with Crippen molar-refractivity contribution in [1.29, 1.82) is 0 Å². The average Bonchev–Trinajstić information content (AvgIpc) is 2.74. The Kier molecular flexibility index (Phi) is 9.90. The number of hydrogen-bond acceptors (Lipinski definition) is 2. The van der Waals surface area contributed by atoms with Crippen molar-refractivity contribution >= 4 is 5.97 Å². The van der Waals surface area contributed by atoms with Crippen molar-refractivity contribution in [3.63, 3.8) is 0 Å². The molecule has 0 bridgehead atoms. The van der Waals surface area contributed by atoms with Crippen molar-refractivity contribution in [2.75, 3.05) is 0 Å². The minimum absolute atomic E-state index is 0.00499. The summed E-state index contributed by atoms with van der Waals surface area (Å²) < 4.78 is 19.6. The van der Waals surface area contributed by atoms with Gasteiger partial charge in [-0.2, -0.15) is 0 Å². The number of unbranched alkanes of at least 4 members (excludes halogenated alkanes) is 6. The van der Waals surface area contributed by atoms with Gasteiger partial charge in [0.1, 0.15) is 0 Å². The van der Waals surface area contributed by atoms with Crippen LogP contribution < -0.4 is 4.74 Å². The van der Waals surface area contributed by atoms with Crippen molar-refractivity contribution in [3.05, 3.63) is 53.8 Å². The van der Waals surface area contributed by atoms with Gasteiger partial charge in [0.05, 0.1) is 5.92 Å². The molecule has 0 radical (unpaired) electrons. The summed E-state index contributed by atoms with van der Waals surface area (Å²) in [4.78, 5) is 11.9. The van der Waals surface area contributed by atoms with E-state index in [-0.39, 0.29) is 11.7 Å². The molecule has 0 aliphatic heterocycles. The molecular weight excluding hydrogens is 363 g/mol. The van der Waals surface area contributed by atoms with Crippen LogP contribution in [0.3, 0.4) is 0 Å². The van der Waals surface area contributed by atoms with Crippen LogP contribution in [0.25, 0.3) is 11.1 Å². The van der Waals surface area contributed by atoms with E-state index in [1.54, 1.807) is 13.0 Å². The second-order valence-corrected chi connectivity index (χ2v) is 7.94. The molecule has 2 aromatic carbocycles. The molecule has 2 nitrogen and oxygen atoms in total. The largest absolute Gasteiger partial charge is 0.423 e. The Morgan fingerprint density at radius 1 is 0.897 bits per heavy atom. The molecule has 0 saturated carbocycles. The SMILES string of the molecule is CCCCCCCCCc1ccc(-c2ccc(OC(=O)C(C)CC)c(F)c2)cc1. The van der Waals surface area contributed by atoms with Crippen LogP contribution in [-0.4, -0.2) is 5.97 Å². The molecule has 0 N–H and O–H groups in total. The topological polar surface area (TPSA) is 26.3 Å². The molecule has 0 heterocycles. The van der Waals surface area contributed by atoms with E-state index in [2.05, 4.69) is 19.1 Å². The monoisotopic (exact) mass is 398 g/mol. The number of carbonyl (C=O) groups excluding carboxylic acids is 1. The lowest BCUT2D eigenvalue weighted by Crippen LogP contribution is -2.17. The second kappa shape index (κ2) is 12.4. The van der Waals surface area contributed by atoms with Gasteiger partial charge in [0, 0.05) is 0 Å². The molecule has 0 spiro atoms. The molecule has 158 valence electrons. The Labute approximate surface area is 175 Å². The van der Waals surface area contributed by atoms with Crippen LogP contribution >= 0.6 is 0 Å². The third kappa shape index (κ3) is 7.64. The van der Waals surface area contributed by atoms with Crippen molar-refractivity contribution < 1.29 is 13.9 Å². The van der Waals surface area contributed by atoms with Crippen LogP contribution in [0.4, 0.5) is 4.39 Å². The molecule has 0 saturated heterocycles. The molecule has 29 heavy (non-hydrogen) atoms. The lowest BCUT2D eigenvalue weighted by Gasteiger charge is -2.11. The fourth-order valence-corrected chi connectivity index (χ4v) is 3.29. The van der Waals surface area contributed by atoms with Crippen LogP contribution in [0.2, 0.25) is 0 Å². The number of carbonyl (C=O) groups is 1. The van der Waals surface area contributed by atoms with Gasteiger partial charge in [0.2, 0.25) is 0 Å². The Morgan fingerprint density at radius 2 is 1.52 bits per heavy atom. The zero-order valence-electron chi connectivity index (χ0n) is 18.2. The number of hydrogen-bond donors (Lipinski definition) is 0. The predicted molar refractivity (Wildman–Crippen MR) is 119 cm³/mol. The van der Waals surface area contributed by atoms with E-state index in [1.807, 2.05) is 19.1 Å². The molecule has 1 unspecified atom stereocenters. The predicted octanol–water partition coefficient (Wildman–Crippen LogP) is 7.74. The third-order valence-corrected chi connectivity index (χ3v) is 5.51. The van der Waals surface area contributed by atoms with Gasteiger partial charge < -0.3 is 4.74 Å². The zero-order chi connectivity index (χ0) is 21.1. The molecule has 2 aromatic rings. The minimum atomic E-state index is -0.508. The highest BCUT2D eigenvalue weighted by molar-refractivity contribution is 5.75.